The Labute approximate surface area is 91.7 Å². The highest BCUT2D eigenvalue weighted by atomic mass is 16.5. The normalized spacial score (nSPS) is 14.1. The molecule has 0 aliphatic rings. The molecule has 15 heavy (non-hydrogen) atoms. The van der Waals surface area contributed by atoms with Gasteiger partial charge < -0.3 is 21.0 Å². The van der Waals surface area contributed by atoms with Crippen LogP contribution in [-0.4, -0.2) is 36.8 Å². The fraction of sp³-hybridized carbons (Fsp3) is 0.900. The molecule has 0 amide bonds. The number of rotatable bonds is 9. The average molecular weight is 217 g/mol. The van der Waals surface area contributed by atoms with Gasteiger partial charge in [-0.15, -0.1) is 0 Å². The number of hydrogen-bond donors (Lipinski definition) is 3. The summed E-state index contributed by atoms with van der Waals surface area (Å²) in [7, 11) is 0. The zero-order valence-electron chi connectivity index (χ0n) is 9.70. The first-order valence-corrected chi connectivity index (χ1v) is 5.54. The lowest BCUT2D eigenvalue weighted by molar-refractivity contribution is 0.132. The van der Waals surface area contributed by atoms with Gasteiger partial charge in [0.05, 0.1) is 12.6 Å². The molecule has 0 aromatic rings. The van der Waals surface area contributed by atoms with E-state index in [0.717, 1.165) is 32.4 Å². The average Bonchev–Trinajstić information content (AvgIpc) is 2.27. The molecular formula is C10H23N3O2. The summed E-state index contributed by atoms with van der Waals surface area (Å²) in [5.74, 6) is 0.228. The summed E-state index contributed by atoms with van der Waals surface area (Å²) >= 11 is 0. The van der Waals surface area contributed by atoms with Crippen molar-refractivity contribution in [3.8, 4) is 0 Å². The molecule has 0 rings (SSSR count). The Bertz CT molecular complexity index is 174. The summed E-state index contributed by atoms with van der Waals surface area (Å²) < 4.78 is 5.38. The molecule has 0 heterocycles. The smallest absolute Gasteiger partial charge is 0.156 e. The molecule has 0 saturated carbocycles. The van der Waals surface area contributed by atoms with Crippen LogP contribution in [-0.2, 0) is 4.74 Å². The predicted molar refractivity (Wildman–Crippen MR) is 61.2 cm³/mol. The third kappa shape index (κ3) is 7.16. The van der Waals surface area contributed by atoms with Crippen molar-refractivity contribution in [2.24, 2.45) is 10.9 Å². The van der Waals surface area contributed by atoms with Crippen LogP contribution in [0, 0.1) is 0 Å². The lowest BCUT2D eigenvalue weighted by Gasteiger charge is -2.15. The SMILES string of the molecule is CCCCOCCNC(CC)C(N)=NO. The minimum atomic E-state index is -0.0650. The second-order valence-electron chi connectivity index (χ2n) is 3.41. The van der Waals surface area contributed by atoms with Crippen LogP contribution in [0.5, 0.6) is 0 Å². The van der Waals surface area contributed by atoms with Crippen LogP contribution in [0.4, 0.5) is 0 Å². The van der Waals surface area contributed by atoms with E-state index in [1.165, 1.54) is 0 Å². The van der Waals surface area contributed by atoms with E-state index in [1.807, 2.05) is 6.92 Å². The molecule has 1 unspecified atom stereocenters. The van der Waals surface area contributed by atoms with Gasteiger partial charge in [0, 0.05) is 13.2 Å². The number of hydrogen-bond acceptors (Lipinski definition) is 4. The molecule has 5 nitrogen and oxygen atoms in total. The highest BCUT2D eigenvalue weighted by Gasteiger charge is 2.09. The molecule has 0 aliphatic heterocycles. The lowest BCUT2D eigenvalue weighted by atomic mass is 10.2. The van der Waals surface area contributed by atoms with Crippen molar-refractivity contribution in [3.05, 3.63) is 0 Å². The van der Waals surface area contributed by atoms with E-state index in [9.17, 15) is 0 Å². The van der Waals surface area contributed by atoms with Gasteiger partial charge in [0.2, 0.25) is 0 Å². The maximum absolute atomic E-state index is 8.50. The van der Waals surface area contributed by atoms with E-state index in [1.54, 1.807) is 0 Å². The number of nitrogens with two attached hydrogens (primary N) is 1. The first-order chi connectivity index (χ1) is 7.26. The summed E-state index contributed by atoms with van der Waals surface area (Å²) in [6.07, 6.45) is 3.04. The molecule has 0 bridgehead atoms. The van der Waals surface area contributed by atoms with E-state index >= 15 is 0 Å². The molecule has 0 radical (unpaired) electrons. The van der Waals surface area contributed by atoms with Crippen molar-refractivity contribution in [3.63, 3.8) is 0 Å². The molecule has 1 atom stereocenters. The molecule has 0 saturated heterocycles. The van der Waals surface area contributed by atoms with Crippen LogP contribution in [0.2, 0.25) is 0 Å². The second kappa shape index (κ2) is 9.73. The third-order valence-corrected chi connectivity index (χ3v) is 2.16. The van der Waals surface area contributed by atoms with Gasteiger partial charge in [-0.25, -0.2) is 0 Å². The summed E-state index contributed by atoms with van der Waals surface area (Å²) in [5, 5.41) is 14.6. The number of nitrogens with zero attached hydrogens (tertiary/aromatic N) is 1. The zero-order valence-corrected chi connectivity index (χ0v) is 9.70. The van der Waals surface area contributed by atoms with Gasteiger partial charge in [0.25, 0.3) is 0 Å². The number of nitrogens with one attached hydrogen (secondary N) is 1. The standard InChI is InChI=1S/C10H23N3O2/c1-3-5-7-15-8-6-12-9(4-2)10(11)13-14/h9,12,14H,3-8H2,1-2H3,(H2,11,13). The van der Waals surface area contributed by atoms with Gasteiger partial charge >= 0.3 is 0 Å². The Morgan fingerprint density at radius 2 is 2.20 bits per heavy atom. The van der Waals surface area contributed by atoms with E-state index < -0.39 is 0 Å². The van der Waals surface area contributed by atoms with E-state index in [4.69, 9.17) is 15.7 Å². The Balaban J connectivity index is 3.47. The van der Waals surface area contributed by atoms with Gasteiger partial charge in [0.1, 0.15) is 0 Å². The molecule has 0 aromatic heterocycles. The van der Waals surface area contributed by atoms with Crippen LogP contribution in [0.1, 0.15) is 33.1 Å². The Morgan fingerprint density at radius 1 is 1.47 bits per heavy atom. The summed E-state index contributed by atoms with van der Waals surface area (Å²) in [4.78, 5) is 0. The molecule has 0 aliphatic carbocycles. The van der Waals surface area contributed by atoms with Crippen molar-refractivity contribution in [1.29, 1.82) is 0 Å². The highest BCUT2D eigenvalue weighted by Crippen LogP contribution is 1.91. The molecule has 4 N–H and O–H groups in total. The molecule has 0 aromatic carbocycles. The van der Waals surface area contributed by atoms with Crippen LogP contribution in [0.15, 0.2) is 5.16 Å². The fourth-order valence-corrected chi connectivity index (χ4v) is 1.18. The topological polar surface area (TPSA) is 79.9 Å². The van der Waals surface area contributed by atoms with Crippen molar-refractivity contribution in [1.82, 2.24) is 5.32 Å². The van der Waals surface area contributed by atoms with E-state index in [2.05, 4.69) is 17.4 Å². The molecule has 0 spiro atoms. The zero-order chi connectivity index (χ0) is 11.5. The largest absolute Gasteiger partial charge is 0.409 e. The van der Waals surface area contributed by atoms with Crippen molar-refractivity contribution < 1.29 is 9.94 Å². The van der Waals surface area contributed by atoms with E-state index in [-0.39, 0.29) is 11.9 Å². The van der Waals surface area contributed by atoms with Crippen LogP contribution in [0.3, 0.4) is 0 Å². The van der Waals surface area contributed by atoms with Gasteiger partial charge in [-0.1, -0.05) is 25.4 Å². The van der Waals surface area contributed by atoms with Crippen molar-refractivity contribution >= 4 is 5.84 Å². The third-order valence-electron chi connectivity index (χ3n) is 2.16. The summed E-state index contributed by atoms with van der Waals surface area (Å²) in [5.41, 5.74) is 5.49. The van der Waals surface area contributed by atoms with Gasteiger partial charge in [-0.2, -0.15) is 0 Å². The molecular weight excluding hydrogens is 194 g/mol. The minimum absolute atomic E-state index is 0.0650. The quantitative estimate of drug-likeness (QED) is 0.176. The number of amidine groups is 1. The van der Waals surface area contributed by atoms with Crippen LogP contribution in [0.25, 0.3) is 0 Å². The van der Waals surface area contributed by atoms with Gasteiger partial charge in [-0.3, -0.25) is 0 Å². The number of ether oxygens (including phenoxy) is 1. The predicted octanol–water partition coefficient (Wildman–Crippen LogP) is 0.918. The van der Waals surface area contributed by atoms with Crippen molar-refractivity contribution in [2.45, 2.75) is 39.2 Å². The number of unbranched alkanes of at least 4 members (excludes halogenated alkanes) is 1. The highest BCUT2D eigenvalue weighted by molar-refractivity contribution is 5.85. The lowest BCUT2D eigenvalue weighted by Crippen LogP contribution is -2.42. The van der Waals surface area contributed by atoms with Gasteiger partial charge in [0.15, 0.2) is 5.84 Å². The summed E-state index contributed by atoms with van der Waals surface area (Å²) in [6.45, 7) is 6.30. The van der Waals surface area contributed by atoms with Crippen LogP contribution < -0.4 is 11.1 Å². The van der Waals surface area contributed by atoms with Gasteiger partial charge in [-0.05, 0) is 12.8 Å². The first-order valence-electron chi connectivity index (χ1n) is 5.54. The molecule has 5 heteroatoms. The van der Waals surface area contributed by atoms with Crippen molar-refractivity contribution in [2.75, 3.05) is 19.8 Å². The Kier molecular flexibility index (Phi) is 9.21. The monoisotopic (exact) mass is 217 g/mol. The first kappa shape index (κ1) is 14.2. The maximum atomic E-state index is 8.50. The van der Waals surface area contributed by atoms with E-state index in [0.29, 0.717) is 6.61 Å². The minimum Gasteiger partial charge on any atom is -0.409 e. The molecule has 90 valence electrons. The molecule has 0 fully saturated rings. The second-order valence-corrected chi connectivity index (χ2v) is 3.41. The maximum Gasteiger partial charge on any atom is 0.156 e. The Morgan fingerprint density at radius 3 is 2.73 bits per heavy atom. The fourth-order valence-electron chi connectivity index (χ4n) is 1.18. The Hall–Kier alpha value is -0.810. The summed E-state index contributed by atoms with van der Waals surface area (Å²) in [6, 6.07) is -0.0650. The number of oxime groups is 1. The van der Waals surface area contributed by atoms with Crippen LogP contribution >= 0.6 is 0 Å².